The molecule has 1 amide bonds. The molecule has 0 bridgehead atoms. The van der Waals surface area contributed by atoms with Crippen molar-refractivity contribution in [1.29, 1.82) is 5.26 Å². The van der Waals surface area contributed by atoms with Crippen molar-refractivity contribution in [2.75, 3.05) is 13.7 Å². The van der Waals surface area contributed by atoms with Gasteiger partial charge in [-0.3, -0.25) is 4.79 Å². The summed E-state index contributed by atoms with van der Waals surface area (Å²) in [6.07, 6.45) is 7.69. The minimum atomic E-state index is -0.626. The minimum absolute atomic E-state index is 0.163. The van der Waals surface area contributed by atoms with Crippen LogP contribution in [0.1, 0.15) is 24.8 Å². The Labute approximate surface area is 140 Å². The Balaban J connectivity index is 1.73. The van der Waals surface area contributed by atoms with Gasteiger partial charge in [-0.15, -0.1) is 0 Å². The van der Waals surface area contributed by atoms with E-state index in [0.717, 1.165) is 36.1 Å². The van der Waals surface area contributed by atoms with Crippen molar-refractivity contribution in [1.82, 2.24) is 4.90 Å². The molecule has 1 aliphatic heterocycles. The summed E-state index contributed by atoms with van der Waals surface area (Å²) >= 11 is 5.99. The van der Waals surface area contributed by atoms with Crippen molar-refractivity contribution >= 4 is 23.6 Å². The van der Waals surface area contributed by atoms with Gasteiger partial charge in [0, 0.05) is 23.7 Å². The number of carbonyl (C=O) groups is 1. The van der Waals surface area contributed by atoms with Crippen LogP contribution >= 0.6 is 11.6 Å². The highest BCUT2D eigenvalue weighted by Crippen LogP contribution is 2.36. The van der Waals surface area contributed by atoms with Crippen molar-refractivity contribution in [2.45, 2.75) is 24.8 Å². The molecule has 23 heavy (non-hydrogen) atoms. The van der Waals surface area contributed by atoms with Crippen LogP contribution in [0.5, 0.6) is 5.75 Å². The normalized spacial score (nSPS) is 18.2. The van der Waals surface area contributed by atoms with Crippen molar-refractivity contribution in [3.8, 4) is 11.8 Å². The van der Waals surface area contributed by atoms with E-state index in [2.05, 4.69) is 6.07 Å². The summed E-state index contributed by atoms with van der Waals surface area (Å²) in [4.78, 5) is 13.8. The van der Waals surface area contributed by atoms with E-state index in [1.165, 1.54) is 6.08 Å². The summed E-state index contributed by atoms with van der Waals surface area (Å²) in [5, 5.41) is 9.94. The quantitative estimate of drug-likeness (QED) is 0.797. The van der Waals surface area contributed by atoms with E-state index in [1.807, 2.05) is 18.2 Å². The number of carbonyl (C=O) groups excluding carboxylic acids is 1. The molecule has 0 N–H and O–H groups in total. The molecule has 0 radical (unpaired) electrons. The van der Waals surface area contributed by atoms with E-state index >= 15 is 0 Å². The van der Waals surface area contributed by atoms with Crippen molar-refractivity contribution in [3.05, 3.63) is 46.5 Å². The number of hydrogen-bond acceptors (Lipinski definition) is 3. The van der Waals surface area contributed by atoms with Crippen LogP contribution in [0.25, 0.3) is 6.08 Å². The summed E-state index contributed by atoms with van der Waals surface area (Å²) in [5.74, 6) is 0.622. The second-order valence-electron chi connectivity index (χ2n) is 5.92. The van der Waals surface area contributed by atoms with E-state index in [1.54, 1.807) is 24.1 Å². The molecule has 2 aliphatic rings. The highest BCUT2D eigenvalue weighted by Gasteiger charge is 2.42. The number of rotatable bonds is 3. The predicted molar refractivity (Wildman–Crippen MR) is 89.0 cm³/mol. The highest BCUT2D eigenvalue weighted by molar-refractivity contribution is 6.30. The van der Waals surface area contributed by atoms with Crippen LogP contribution in [0, 0.1) is 11.3 Å². The minimum Gasteiger partial charge on any atom is -0.488 e. The SMILES string of the molecule is CN(C(=O)/C=C/C1=Cc2cc(Cl)ccc2OC1)C1(C#N)CCC1. The largest absolute Gasteiger partial charge is 0.488 e. The number of nitrogens with zero attached hydrogens (tertiary/aromatic N) is 2. The van der Waals surface area contributed by atoms with Crippen molar-refractivity contribution in [3.63, 3.8) is 0 Å². The molecule has 5 heteroatoms. The van der Waals surface area contributed by atoms with Gasteiger partial charge in [-0.2, -0.15) is 5.26 Å². The first kappa shape index (κ1) is 15.6. The number of halogens is 1. The van der Waals surface area contributed by atoms with Gasteiger partial charge in [0.1, 0.15) is 17.9 Å². The third-order valence-electron chi connectivity index (χ3n) is 4.51. The van der Waals surface area contributed by atoms with Gasteiger partial charge in [-0.1, -0.05) is 17.7 Å². The highest BCUT2D eigenvalue weighted by atomic mass is 35.5. The Morgan fingerprint density at radius 2 is 2.26 bits per heavy atom. The van der Waals surface area contributed by atoms with Gasteiger partial charge in [-0.05, 0) is 49.1 Å². The van der Waals surface area contributed by atoms with Gasteiger partial charge >= 0.3 is 0 Å². The Hall–Kier alpha value is -2.25. The number of benzene rings is 1. The van der Waals surface area contributed by atoms with Crippen LogP contribution in [0.2, 0.25) is 5.02 Å². The Morgan fingerprint density at radius 3 is 2.91 bits per heavy atom. The molecule has 0 unspecified atom stereocenters. The number of fused-ring (bicyclic) bond motifs is 1. The molecule has 0 aromatic heterocycles. The van der Waals surface area contributed by atoms with E-state index in [9.17, 15) is 10.1 Å². The second-order valence-corrected chi connectivity index (χ2v) is 6.35. The smallest absolute Gasteiger partial charge is 0.247 e. The van der Waals surface area contributed by atoms with Crippen LogP contribution in [-0.4, -0.2) is 30.0 Å². The van der Waals surface area contributed by atoms with Crippen LogP contribution in [-0.2, 0) is 4.79 Å². The number of nitriles is 1. The summed E-state index contributed by atoms with van der Waals surface area (Å²) in [7, 11) is 1.69. The predicted octanol–water partition coefficient (Wildman–Crippen LogP) is 3.58. The van der Waals surface area contributed by atoms with Crippen LogP contribution < -0.4 is 4.74 Å². The zero-order valence-corrected chi connectivity index (χ0v) is 13.6. The first-order valence-electron chi connectivity index (χ1n) is 7.54. The second kappa shape index (κ2) is 6.10. The molecule has 0 spiro atoms. The molecule has 1 aromatic rings. The fourth-order valence-corrected chi connectivity index (χ4v) is 2.98. The standard InChI is InChI=1S/C18H17ClN2O2/c1-21(18(12-20)7-2-8-18)17(22)6-3-13-9-14-10-15(19)4-5-16(14)23-11-13/h3-6,9-10H,2,7-8,11H2,1H3/b6-3+. The third kappa shape index (κ3) is 2.97. The summed E-state index contributed by atoms with van der Waals surface area (Å²) in [6, 6.07) is 7.72. The molecular weight excluding hydrogens is 312 g/mol. The summed E-state index contributed by atoms with van der Waals surface area (Å²) < 4.78 is 5.65. The average Bonchev–Trinajstić information content (AvgIpc) is 2.51. The van der Waals surface area contributed by atoms with Crippen LogP contribution in [0.15, 0.2) is 35.9 Å². The van der Waals surface area contributed by atoms with Gasteiger partial charge in [0.2, 0.25) is 5.91 Å². The number of hydrogen-bond donors (Lipinski definition) is 0. The van der Waals surface area contributed by atoms with Gasteiger partial charge < -0.3 is 9.64 Å². The molecule has 118 valence electrons. The number of likely N-dealkylation sites (N-methyl/N-ethyl adjacent to an activating group) is 1. The van der Waals surface area contributed by atoms with Crippen molar-refractivity contribution < 1.29 is 9.53 Å². The Morgan fingerprint density at radius 1 is 1.48 bits per heavy atom. The maximum atomic E-state index is 12.3. The fourth-order valence-electron chi connectivity index (χ4n) is 2.80. The molecule has 1 heterocycles. The maximum absolute atomic E-state index is 12.3. The lowest BCUT2D eigenvalue weighted by Crippen LogP contribution is -2.52. The van der Waals surface area contributed by atoms with E-state index < -0.39 is 5.54 Å². The zero-order valence-electron chi connectivity index (χ0n) is 12.9. The Bertz CT molecular complexity index is 742. The zero-order chi connectivity index (χ0) is 16.4. The first-order valence-corrected chi connectivity index (χ1v) is 7.92. The summed E-state index contributed by atoms with van der Waals surface area (Å²) in [6.45, 7) is 0.408. The van der Waals surface area contributed by atoms with Gasteiger partial charge in [-0.25, -0.2) is 0 Å². The van der Waals surface area contributed by atoms with Crippen LogP contribution in [0.3, 0.4) is 0 Å². The Kier molecular flexibility index (Phi) is 4.14. The monoisotopic (exact) mass is 328 g/mol. The lowest BCUT2D eigenvalue weighted by atomic mass is 9.76. The molecule has 3 rings (SSSR count). The molecule has 0 saturated heterocycles. The maximum Gasteiger partial charge on any atom is 0.247 e. The number of amides is 1. The molecule has 1 fully saturated rings. The third-order valence-corrected chi connectivity index (χ3v) is 4.74. The number of ether oxygens (including phenoxy) is 1. The van der Waals surface area contributed by atoms with E-state index in [4.69, 9.17) is 16.3 Å². The van der Waals surface area contributed by atoms with Crippen molar-refractivity contribution in [2.24, 2.45) is 0 Å². The fraction of sp³-hybridized carbons (Fsp3) is 0.333. The summed E-state index contributed by atoms with van der Waals surface area (Å²) in [5.41, 5.74) is 1.16. The average molecular weight is 329 g/mol. The molecular formula is C18H17ClN2O2. The molecule has 4 nitrogen and oxygen atoms in total. The lowest BCUT2D eigenvalue weighted by molar-refractivity contribution is -0.130. The van der Waals surface area contributed by atoms with E-state index in [0.29, 0.717) is 11.6 Å². The van der Waals surface area contributed by atoms with E-state index in [-0.39, 0.29) is 5.91 Å². The first-order chi connectivity index (χ1) is 11.0. The molecule has 1 aliphatic carbocycles. The topological polar surface area (TPSA) is 53.3 Å². The van der Waals surface area contributed by atoms with Gasteiger partial charge in [0.05, 0.1) is 6.07 Å². The molecule has 1 aromatic carbocycles. The van der Waals surface area contributed by atoms with Crippen LogP contribution in [0.4, 0.5) is 0 Å². The molecule has 1 saturated carbocycles. The van der Waals surface area contributed by atoms with Gasteiger partial charge in [0.15, 0.2) is 0 Å². The van der Waals surface area contributed by atoms with Gasteiger partial charge in [0.25, 0.3) is 0 Å². The molecule has 0 atom stereocenters. The lowest BCUT2D eigenvalue weighted by Gasteiger charge is -2.42.